The van der Waals surface area contributed by atoms with Gasteiger partial charge < -0.3 is 10.2 Å². The average Bonchev–Trinajstić information content (AvgIpc) is 3.15. The molecule has 1 saturated heterocycles. The number of hydrogen-bond acceptors (Lipinski definition) is 6. The van der Waals surface area contributed by atoms with Gasteiger partial charge in [0.15, 0.2) is 11.4 Å². The molecule has 1 unspecified atom stereocenters. The smallest absolute Gasteiger partial charge is 0.272 e. The molecule has 0 radical (unpaired) electrons. The van der Waals surface area contributed by atoms with E-state index in [0.717, 1.165) is 36.7 Å². The monoisotopic (exact) mass is 428 g/mol. The van der Waals surface area contributed by atoms with E-state index in [-0.39, 0.29) is 17.7 Å². The second-order valence-corrected chi connectivity index (χ2v) is 8.30. The number of carbonyl (C=O) groups is 1. The number of para-hydroxylation sites is 1. The van der Waals surface area contributed by atoms with E-state index in [2.05, 4.69) is 33.4 Å². The number of carbonyl (C=O) groups excluding carboxylic acids is 1. The Morgan fingerprint density at radius 2 is 2.13 bits per heavy atom. The standard InChI is InChI=1S/C22H28N4O3S/c1-4-7-17(5-2)16(3)23-22(27)20-18-8-6-9-19(29-28)21(18)26(24-20)11-10-25-12-14-30-15-13-25/h4-9,16,28H,1-2,10-15H2,3H3,(H,23,27)/b17-7+. The van der Waals surface area contributed by atoms with Crippen molar-refractivity contribution < 1.29 is 14.9 Å². The van der Waals surface area contributed by atoms with Gasteiger partial charge in [0.05, 0.1) is 12.6 Å². The largest absolute Gasteiger partial charge is 0.344 e. The van der Waals surface area contributed by atoms with Crippen LogP contribution in [0.25, 0.3) is 10.9 Å². The van der Waals surface area contributed by atoms with Gasteiger partial charge in [0.25, 0.3) is 5.91 Å². The van der Waals surface area contributed by atoms with Crippen LogP contribution in [0.2, 0.25) is 0 Å². The van der Waals surface area contributed by atoms with Crippen LogP contribution in [0, 0.1) is 0 Å². The van der Waals surface area contributed by atoms with E-state index in [1.807, 2.05) is 30.8 Å². The lowest BCUT2D eigenvalue weighted by Crippen LogP contribution is -2.35. The number of allylic oxidation sites excluding steroid dienone is 2. The van der Waals surface area contributed by atoms with Crippen molar-refractivity contribution in [2.24, 2.45) is 0 Å². The van der Waals surface area contributed by atoms with Gasteiger partial charge in [0.1, 0.15) is 5.52 Å². The number of hydrogen-bond donors (Lipinski definition) is 2. The Balaban J connectivity index is 1.88. The first-order chi connectivity index (χ1) is 14.6. The van der Waals surface area contributed by atoms with Gasteiger partial charge in [-0.1, -0.05) is 43.5 Å². The minimum absolute atomic E-state index is 0.253. The fourth-order valence-electron chi connectivity index (χ4n) is 3.54. The Labute approximate surface area is 181 Å². The zero-order valence-electron chi connectivity index (χ0n) is 17.2. The number of rotatable bonds is 9. The summed E-state index contributed by atoms with van der Waals surface area (Å²) in [6, 6.07) is 4.95. The zero-order valence-corrected chi connectivity index (χ0v) is 18.0. The van der Waals surface area contributed by atoms with Crippen molar-refractivity contribution in [2.75, 3.05) is 31.1 Å². The van der Waals surface area contributed by atoms with Crippen LogP contribution in [0.3, 0.4) is 0 Å². The van der Waals surface area contributed by atoms with Crippen molar-refractivity contribution in [1.29, 1.82) is 0 Å². The molecule has 0 bridgehead atoms. The molecule has 1 atom stereocenters. The van der Waals surface area contributed by atoms with Gasteiger partial charge in [-0.05, 0) is 18.6 Å². The summed E-state index contributed by atoms with van der Waals surface area (Å²) in [5.74, 6) is 2.23. The molecule has 1 aliphatic rings. The lowest BCUT2D eigenvalue weighted by Gasteiger charge is -2.26. The van der Waals surface area contributed by atoms with E-state index >= 15 is 0 Å². The quantitative estimate of drug-likeness (QED) is 0.362. The summed E-state index contributed by atoms with van der Waals surface area (Å²) < 4.78 is 1.75. The predicted octanol–water partition coefficient (Wildman–Crippen LogP) is 3.35. The predicted molar refractivity (Wildman–Crippen MR) is 122 cm³/mol. The van der Waals surface area contributed by atoms with E-state index in [0.29, 0.717) is 23.1 Å². The van der Waals surface area contributed by atoms with Gasteiger partial charge in [-0.2, -0.15) is 16.9 Å². The van der Waals surface area contributed by atoms with Crippen LogP contribution < -0.4 is 10.2 Å². The number of nitrogens with zero attached hydrogens (tertiary/aromatic N) is 3. The minimum Gasteiger partial charge on any atom is -0.344 e. The maximum atomic E-state index is 13.0. The normalized spacial score (nSPS) is 16.3. The minimum atomic E-state index is -0.299. The van der Waals surface area contributed by atoms with Crippen molar-refractivity contribution in [3.8, 4) is 5.75 Å². The number of benzene rings is 1. The van der Waals surface area contributed by atoms with Gasteiger partial charge in [0, 0.05) is 36.5 Å². The van der Waals surface area contributed by atoms with E-state index in [9.17, 15) is 10.1 Å². The molecule has 1 aromatic heterocycles. The summed E-state index contributed by atoms with van der Waals surface area (Å²) >= 11 is 1.96. The highest BCUT2D eigenvalue weighted by Crippen LogP contribution is 2.28. The molecule has 1 aromatic carbocycles. The maximum Gasteiger partial charge on any atom is 0.272 e. The number of fused-ring (bicyclic) bond motifs is 1. The van der Waals surface area contributed by atoms with Gasteiger partial charge in [0.2, 0.25) is 0 Å². The molecule has 1 fully saturated rings. The highest BCUT2D eigenvalue weighted by Gasteiger charge is 2.22. The molecule has 0 aliphatic carbocycles. The Morgan fingerprint density at radius 1 is 1.37 bits per heavy atom. The van der Waals surface area contributed by atoms with Crippen molar-refractivity contribution in [2.45, 2.75) is 19.5 Å². The van der Waals surface area contributed by atoms with E-state index < -0.39 is 0 Å². The molecule has 2 heterocycles. The first kappa shape index (κ1) is 22.1. The molecule has 2 N–H and O–H groups in total. The molecule has 0 spiro atoms. The summed E-state index contributed by atoms with van der Waals surface area (Å²) in [4.78, 5) is 20.0. The zero-order chi connectivity index (χ0) is 21.5. The third-order valence-electron chi connectivity index (χ3n) is 5.17. The van der Waals surface area contributed by atoms with Gasteiger partial charge in [-0.3, -0.25) is 14.4 Å². The van der Waals surface area contributed by atoms with Crippen LogP contribution in [0.4, 0.5) is 0 Å². The lowest BCUT2D eigenvalue weighted by molar-refractivity contribution is -0.136. The number of thioether (sulfide) groups is 1. The van der Waals surface area contributed by atoms with Crippen LogP contribution in [0.15, 0.2) is 55.2 Å². The maximum absolute atomic E-state index is 13.0. The van der Waals surface area contributed by atoms with Crippen LogP contribution in [0.5, 0.6) is 5.75 Å². The molecule has 2 aromatic rings. The number of amides is 1. The molecule has 30 heavy (non-hydrogen) atoms. The van der Waals surface area contributed by atoms with E-state index in [1.54, 1.807) is 29.0 Å². The van der Waals surface area contributed by atoms with Crippen LogP contribution in [-0.4, -0.2) is 63.0 Å². The topological polar surface area (TPSA) is 79.6 Å². The Kier molecular flexibility index (Phi) is 7.73. The summed E-state index contributed by atoms with van der Waals surface area (Å²) in [6.45, 7) is 12.9. The third kappa shape index (κ3) is 4.95. The number of aromatic nitrogens is 2. The van der Waals surface area contributed by atoms with Crippen molar-refractivity contribution in [3.05, 3.63) is 60.9 Å². The Bertz CT molecular complexity index is 947. The molecule has 3 rings (SSSR count). The second kappa shape index (κ2) is 10.5. The highest BCUT2D eigenvalue weighted by atomic mass is 32.2. The van der Waals surface area contributed by atoms with Crippen molar-refractivity contribution in [3.63, 3.8) is 0 Å². The van der Waals surface area contributed by atoms with Crippen LogP contribution in [-0.2, 0) is 6.54 Å². The summed E-state index contributed by atoms with van der Waals surface area (Å²) in [5, 5.41) is 17.5. The summed E-state index contributed by atoms with van der Waals surface area (Å²) in [5.41, 5.74) is 1.76. The van der Waals surface area contributed by atoms with Crippen LogP contribution >= 0.6 is 11.8 Å². The number of nitrogens with one attached hydrogen (secondary N) is 1. The molecule has 1 aliphatic heterocycles. The van der Waals surface area contributed by atoms with Crippen molar-refractivity contribution >= 4 is 28.6 Å². The average molecular weight is 429 g/mol. The van der Waals surface area contributed by atoms with Gasteiger partial charge in [-0.25, -0.2) is 5.26 Å². The SMILES string of the molecule is C=C/C=C(\C=C)C(C)NC(=O)c1nn(CCN2CCSCC2)c2c(OO)cccc12. The van der Waals surface area contributed by atoms with Crippen LogP contribution in [0.1, 0.15) is 17.4 Å². The fraction of sp³-hybridized carbons (Fsp3) is 0.364. The van der Waals surface area contributed by atoms with Gasteiger partial charge in [-0.15, -0.1) is 0 Å². The molecule has 0 saturated carbocycles. The first-order valence-electron chi connectivity index (χ1n) is 9.96. The van der Waals surface area contributed by atoms with Gasteiger partial charge >= 0.3 is 0 Å². The first-order valence-corrected chi connectivity index (χ1v) is 11.1. The van der Waals surface area contributed by atoms with E-state index in [1.165, 1.54) is 0 Å². The molecule has 160 valence electrons. The molecule has 1 amide bonds. The Hall–Kier alpha value is -2.55. The molecule has 8 heteroatoms. The highest BCUT2D eigenvalue weighted by molar-refractivity contribution is 7.99. The molecular formula is C22H28N4O3S. The summed E-state index contributed by atoms with van der Waals surface area (Å²) in [7, 11) is 0. The molecule has 7 nitrogen and oxygen atoms in total. The second-order valence-electron chi connectivity index (χ2n) is 7.07. The fourth-order valence-corrected chi connectivity index (χ4v) is 4.52. The van der Waals surface area contributed by atoms with Crippen molar-refractivity contribution in [1.82, 2.24) is 20.0 Å². The molecular weight excluding hydrogens is 400 g/mol. The third-order valence-corrected chi connectivity index (χ3v) is 6.11. The summed E-state index contributed by atoms with van der Waals surface area (Å²) in [6.07, 6.45) is 5.16. The van der Waals surface area contributed by atoms with E-state index in [4.69, 9.17) is 0 Å². The Morgan fingerprint density at radius 3 is 2.80 bits per heavy atom. The lowest BCUT2D eigenvalue weighted by atomic mass is 10.1.